The molecule has 2 aromatic carbocycles. The average Bonchev–Trinajstić information content (AvgIpc) is 2.98. The van der Waals surface area contributed by atoms with Gasteiger partial charge in [0.15, 0.2) is 5.75 Å². The molecule has 30 heavy (non-hydrogen) atoms. The first-order valence-corrected chi connectivity index (χ1v) is 9.77. The fourth-order valence-electron chi connectivity index (χ4n) is 3.57. The third-order valence-electron chi connectivity index (χ3n) is 4.94. The maximum atomic E-state index is 12.4. The topological polar surface area (TPSA) is 101 Å². The lowest BCUT2D eigenvalue weighted by Crippen LogP contribution is -2.18. The number of esters is 2. The maximum absolute atomic E-state index is 12.4. The Hall–Kier alpha value is -3.74. The van der Waals surface area contributed by atoms with E-state index in [0.717, 1.165) is 16.6 Å². The number of aromatic amines is 1. The van der Waals surface area contributed by atoms with Crippen LogP contribution >= 0.6 is 0 Å². The summed E-state index contributed by atoms with van der Waals surface area (Å²) < 4.78 is 10.4. The van der Waals surface area contributed by atoms with Crippen LogP contribution in [-0.2, 0) is 27.3 Å². The highest BCUT2D eigenvalue weighted by Crippen LogP contribution is 2.36. The molecule has 4 rings (SSSR count). The minimum atomic E-state index is -0.726. The summed E-state index contributed by atoms with van der Waals surface area (Å²) in [5.74, 6) is -0.973. The van der Waals surface area contributed by atoms with Gasteiger partial charge in [-0.3, -0.25) is 9.59 Å². The van der Waals surface area contributed by atoms with Crippen molar-refractivity contribution in [1.82, 2.24) is 10.3 Å². The predicted molar refractivity (Wildman–Crippen MR) is 112 cm³/mol. The number of allylic oxidation sites excluding steroid dienone is 1. The number of fused-ring (bicyclic) bond motifs is 2. The number of aliphatic hydroxyl groups is 1. The Kier molecular flexibility index (Phi) is 5.43. The molecule has 1 aliphatic heterocycles. The van der Waals surface area contributed by atoms with Gasteiger partial charge in [0.25, 0.3) is 0 Å². The van der Waals surface area contributed by atoms with E-state index >= 15 is 0 Å². The van der Waals surface area contributed by atoms with Crippen LogP contribution in [0.2, 0.25) is 0 Å². The number of para-hydroxylation sites is 1. The molecule has 7 heteroatoms. The Morgan fingerprint density at radius 1 is 1.03 bits per heavy atom. The van der Waals surface area contributed by atoms with E-state index in [1.165, 1.54) is 0 Å². The van der Waals surface area contributed by atoms with Gasteiger partial charge in [0.2, 0.25) is 0 Å². The maximum Gasteiger partial charge on any atom is 0.322 e. The van der Waals surface area contributed by atoms with Crippen molar-refractivity contribution in [1.29, 1.82) is 0 Å². The number of aliphatic hydroxyl groups excluding tert-OH is 1. The zero-order valence-electron chi connectivity index (χ0n) is 16.5. The lowest BCUT2D eigenvalue weighted by molar-refractivity contribution is -0.149. The summed E-state index contributed by atoms with van der Waals surface area (Å²) in [5.41, 5.74) is 3.76. The summed E-state index contributed by atoms with van der Waals surface area (Å²) in [6, 6.07) is 15.2. The summed E-state index contributed by atoms with van der Waals surface area (Å²) in [7, 11) is 0. The smallest absolute Gasteiger partial charge is 0.322 e. The van der Waals surface area contributed by atoms with Crippen LogP contribution in [0.4, 0.5) is 0 Å². The second-order valence-corrected chi connectivity index (χ2v) is 6.95. The number of H-pyrrole nitrogens is 1. The van der Waals surface area contributed by atoms with Crippen molar-refractivity contribution >= 4 is 28.5 Å². The third kappa shape index (κ3) is 3.87. The van der Waals surface area contributed by atoms with Gasteiger partial charge in [-0.2, -0.15) is 0 Å². The highest BCUT2D eigenvalue weighted by molar-refractivity contribution is 5.97. The Labute approximate surface area is 173 Å². The fraction of sp³-hybridized carbons (Fsp3) is 0.217. The predicted octanol–water partition coefficient (Wildman–Crippen LogP) is 3.60. The number of carbonyl (C=O) groups is 2. The van der Waals surface area contributed by atoms with Gasteiger partial charge in [-0.15, -0.1) is 0 Å². The van der Waals surface area contributed by atoms with Gasteiger partial charge in [-0.1, -0.05) is 36.4 Å². The minimum Gasteiger partial charge on any atom is -0.510 e. The number of benzene rings is 2. The van der Waals surface area contributed by atoms with Crippen LogP contribution in [0.15, 0.2) is 54.3 Å². The molecule has 0 unspecified atom stereocenters. The largest absolute Gasteiger partial charge is 0.510 e. The van der Waals surface area contributed by atoms with Gasteiger partial charge in [0.05, 0.1) is 6.61 Å². The number of carbonyl (C=O) groups excluding carboxylic acids is 2. The zero-order chi connectivity index (χ0) is 21.1. The number of rotatable bonds is 5. The molecule has 7 nitrogen and oxygen atoms in total. The van der Waals surface area contributed by atoms with Crippen molar-refractivity contribution in [2.24, 2.45) is 0 Å². The van der Waals surface area contributed by atoms with Gasteiger partial charge in [-0.05, 0) is 30.2 Å². The van der Waals surface area contributed by atoms with Crippen molar-refractivity contribution in [2.45, 2.75) is 26.3 Å². The Morgan fingerprint density at radius 2 is 1.77 bits per heavy atom. The molecule has 0 amide bonds. The van der Waals surface area contributed by atoms with Crippen molar-refractivity contribution < 1.29 is 24.2 Å². The lowest BCUT2D eigenvalue weighted by Gasteiger charge is -2.12. The first kappa shape index (κ1) is 19.6. The van der Waals surface area contributed by atoms with Crippen molar-refractivity contribution in [3.8, 4) is 5.75 Å². The van der Waals surface area contributed by atoms with Crippen molar-refractivity contribution in [3.05, 3.63) is 71.1 Å². The molecule has 0 spiro atoms. The van der Waals surface area contributed by atoms with Crippen molar-refractivity contribution in [2.75, 3.05) is 6.61 Å². The Balaban J connectivity index is 1.71. The molecular formula is C23H22N2O5. The molecule has 3 aromatic rings. The Bertz CT molecular complexity index is 1150. The van der Waals surface area contributed by atoms with E-state index < -0.39 is 18.4 Å². The number of hydrogen-bond donors (Lipinski definition) is 3. The molecule has 0 saturated heterocycles. The zero-order valence-corrected chi connectivity index (χ0v) is 16.5. The Morgan fingerprint density at radius 3 is 2.57 bits per heavy atom. The van der Waals surface area contributed by atoms with Gasteiger partial charge in [-0.25, -0.2) is 0 Å². The molecule has 0 fully saturated rings. The van der Waals surface area contributed by atoms with Gasteiger partial charge < -0.3 is 24.9 Å². The van der Waals surface area contributed by atoms with Crippen LogP contribution in [0.25, 0.3) is 16.6 Å². The van der Waals surface area contributed by atoms with Crippen LogP contribution < -0.4 is 10.1 Å². The van der Waals surface area contributed by atoms with Crippen LogP contribution in [0.5, 0.6) is 5.75 Å². The van der Waals surface area contributed by atoms with E-state index in [1.807, 2.05) is 48.5 Å². The number of nitrogens with one attached hydrogen (secondary N) is 2. The molecular weight excluding hydrogens is 384 g/mol. The molecule has 0 aliphatic carbocycles. The average molecular weight is 406 g/mol. The van der Waals surface area contributed by atoms with Crippen LogP contribution in [0.1, 0.15) is 30.2 Å². The first-order chi connectivity index (χ1) is 14.6. The van der Waals surface area contributed by atoms with Crippen LogP contribution in [0.3, 0.4) is 0 Å². The van der Waals surface area contributed by atoms with Crippen LogP contribution in [-0.4, -0.2) is 28.6 Å². The SMILES string of the molecule is CCOC(=O)CC(=O)Oc1c(C2=C(O)Cc3ccccc3CN2)[nH]c2ccccc12. The van der Waals surface area contributed by atoms with Crippen molar-refractivity contribution in [3.63, 3.8) is 0 Å². The van der Waals surface area contributed by atoms with Gasteiger partial charge in [0.1, 0.15) is 23.6 Å². The number of aromatic nitrogens is 1. The molecule has 3 N–H and O–H groups in total. The third-order valence-corrected chi connectivity index (χ3v) is 4.94. The monoisotopic (exact) mass is 406 g/mol. The summed E-state index contributed by atoms with van der Waals surface area (Å²) in [5, 5.41) is 14.8. The van der Waals surface area contributed by atoms with Crippen LogP contribution in [0, 0.1) is 0 Å². The molecule has 0 atom stereocenters. The molecule has 0 saturated carbocycles. The van der Waals surface area contributed by atoms with E-state index in [4.69, 9.17) is 9.47 Å². The van der Waals surface area contributed by atoms with Gasteiger partial charge in [0, 0.05) is 23.9 Å². The summed E-state index contributed by atoms with van der Waals surface area (Å²) >= 11 is 0. The molecule has 0 radical (unpaired) electrons. The minimum absolute atomic E-state index is 0.134. The highest BCUT2D eigenvalue weighted by Gasteiger charge is 2.25. The lowest BCUT2D eigenvalue weighted by atomic mass is 10.0. The quantitative estimate of drug-likeness (QED) is 0.442. The van der Waals surface area contributed by atoms with E-state index in [2.05, 4.69) is 10.3 Å². The normalized spacial score (nSPS) is 13.4. The second-order valence-electron chi connectivity index (χ2n) is 6.95. The molecule has 154 valence electrons. The first-order valence-electron chi connectivity index (χ1n) is 9.77. The van der Waals surface area contributed by atoms with Gasteiger partial charge >= 0.3 is 11.9 Å². The van der Waals surface area contributed by atoms with E-state index in [9.17, 15) is 14.7 Å². The molecule has 1 aromatic heterocycles. The standard InChI is InChI=1S/C23H22N2O5/c1-2-29-19(27)12-20(28)30-23-16-9-5-6-10-17(16)25-22(23)21-18(26)11-14-7-3-4-8-15(14)13-24-21/h3-10,24-26H,2,11-13H2,1H3. The fourth-order valence-corrected chi connectivity index (χ4v) is 3.57. The molecule has 2 heterocycles. The number of ether oxygens (including phenoxy) is 2. The van der Waals surface area contributed by atoms with E-state index in [0.29, 0.717) is 29.7 Å². The summed E-state index contributed by atoms with van der Waals surface area (Å²) in [4.78, 5) is 27.3. The van der Waals surface area contributed by atoms with E-state index in [-0.39, 0.29) is 18.1 Å². The highest BCUT2D eigenvalue weighted by atomic mass is 16.6. The summed E-state index contributed by atoms with van der Waals surface area (Å²) in [6.07, 6.45) is -0.138. The molecule has 1 aliphatic rings. The van der Waals surface area contributed by atoms with E-state index in [1.54, 1.807) is 6.92 Å². The number of hydrogen-bond acceptors (Lipinski definition) is 6. The second kappa shape index (κ2) is 8.32. The summed E-state index contributed by atoms with van der Waals surface area (Å²) in [6.45, 7) is 2.38. The molecule has 0 bridgehead atoms.